The van der Waals surface area contributed by atoms with Gasteiger partial charge in [-0.05, 0) is 24.0 Å². The summed E-state index contributed by atoms with van der Waals surface area (Å²) in [5.74, 6) is -1.38. The van der Waals surface area contributed by atoms with Gasteiger partial charge in [-0.15, -0.1) is 0 Å². The van der Waals surface area contributed by atoms with Crippen molar-refractivity contribution in [3.8, 4) is 0 Å². The Kier molecular flexibility index (Phi) is 4.15. The molecule has 1 saturated carbocycles. The number of rotatable bonds is 3. The summed E-state index contributed by atoms with van der Waals surface area (Å²) in [5, 5.41) is 0. The number of nitrogens with two attached hydrogens (primary N) is 2. The van der Waals surface area contributed by atoms with Gasteiger partial charge in [0.05, 0.1) is 0 Å². The Bertz CT molecular complexity index is 683. The first kappa shape index (κ1) is 16.6. The minimum absolute atomic E-state index is 0.0962. The maximum atomic E-state index is 12.6. The van der Waals surface area contributed by atoms with Crippen LogP contribution in [0.1, 0.15) is 42.7 Å². The van der Waals surface area contributed by atoms with Gasteiger partial charge in [-0.3, -0.25) is 4.79 Å². The zero-order valence-corrected chi connectivity index (χ0v) is 13.2. The Hall–Kier alpha value is -2.25. The number of carbonyl (C=O) groups excluding carboxylic acids is 3. The fourth-order valence-electron chi connectivity index (χ4n) is 4.24. The first-order chi connectivity index (χ1) is 11.4. The lowest BCUT2D eigenvalue weighted by atomic mass is 9.71. The van der Waals surface area contributed by atoms with Crippen LogP contribution >= 0.6 is 0 Å². The smallest absolute Gasteiger partial charge is 0.363 e. The molecule has 24 heavy (non-hydrogen) atoms. The predicted octanol–water partition coefficient (Wildman–Crippen LogP) is 1.13. The number of carbonyl (C=O) groups is 3. The van der Waals surface area contributed by atoms with Crippen molar-refractivity contribution in [3.05, 3.63) is 35.4 Å². The molecule has 0 aliphatic heterocycles. The average Bonchev–Trinajstić information content (AvgIpc) is 3.09. The van der Waals surface area contributed by atoms with Crippen LogP contribution in [0.25, 0.3) is 0 Å². The SMILES string of the molecule is NC1(C2c3ccccc3CC2(N)C(=O)OC(=O)OC=O)CCCC1. The van der Waals surface area contributed by atoms with Gasteiger partial charge >= 0.3 is 18.6 Å². The minimum Gasteiger partial charge on any atom is -0.363 e. The third-order valence-electron chi connectivity index (χ3n) is 5.17. The molecule has 7 heteroatoms. The Morgan fingerprint density at radius 3 is 2.50 bits per heavy atom. The number of fused-ring (bicyclic) bond motifs is 1. The highest BCUT2D eigenvalue weighted by atomic mass is 16.7. The maximum absolute atomic E-state index is 12.6. The van der Waals surface area contributed by atoms with Gasteiger partial charge in [-0.1, -0.05) is 37.1 Å². The maximum Gasteiger partial charge on any atom is 0.523 e. The van der Waals surface area contributed by atoms with E-state index in [4.69, 9.17) is 11.5 Å². The quantitative estimate of drug-likeness (QED) is 0.483. The summed E-state index contributed by atoms with van der Waals surface area (Å²) in [4.78, 5) is 34.2. The predicted molar refractivity (Wildman–Crippen MR) is 83.8 cm³/mol. The summed E-state index contributed by atoms with van der Waals surface area (Å²) in [6.45, 7) is -0.0962. The second-order valence-corrected chi connectivity index (χ2v) is 6.64. The van der Waals surface area contributed by atoms with Gasteiger partial charge in [0.15, 0.2) is 0 Å². The lowest BCUT2D eigenvalue weighted by Crippen LogP contribution is -2.61. The van der Waals surface area contributed by atoms with Gasteiger partial charge in [0.25, 0.3) is 0 Å². The normalized spacial score (nSPS) is 27.3. The van der Waals surface area contributed by atoms with Crippen molar-refractivity contribution in [3.63, 3.8) is 0 Å². The van der Waals surface area contributed by atoms with Gasteiger partial charge in [-0.2, -0.15) is 0 Å². The molecule has 128 valence electrons. The van der Waals surface area contributed by atoms with E-state index in [1.807, 2.05) is 24.3 Å². The molecule has 1 aromatic rings. The van der Waals surface area contributed by atoms with Gasteiger partial charge in [-0.25, -0.2) is 9.59 Å². The number of ether oxygens (including phenoxy) is 2. The molecule has 2 atom stereocenters. The summed E-state index contributed by atoms with van der Waals surface area (Å²) in [7, 11) is 0. The molecular formula is C17H20N2O5. The molecule has 0 radical (unpaired) electrons. The van der Waals surface area contributed by atoms with Crippen LogP contribution in [0, 0.1) is 0 Å². The minimum atomic E-state index is -1.47. The molecule has 2 aliphatic rings. The first-order valence-corrected chi connectivity index (χ1v) is 7.93. The molecular weight excluding hydrogens is 312 g/mol. The van der Waals surface area contributed by atoms with Crippen molar-refractivity contribution in [2.75, 3.05) is 0 Å². The Balaban J connectivity index is 1.98. The molecule has 2 unspecified atom stereocenters. The molecule has 0 saturated heterocycles. The third-order valence-corrected chi connectivity index (χ3v) is 5.17. The van der Waals surface area contributed by atoms with Gasteiger partial charge in [0.2, 0.25) is 0 Å². The highest BCUT2D eigenvalue weighted by Gasteiger charge is 2.58. The van der Waals surface area contributed by atoms with E-state index in [9.17, 15) is 14.4 Å². The van der Waals surface area contributed by atoms with Crippen molar-refractivity contribution < 1.29 is 23.9 Å². The van der Waals surface area contributed by atoms with Crippen molar-refractivity contribution in [2.45, 2.75) is 49.1 Å². The highest BCUT2D eigenvalue weighted by Crippen LogP contribution is 2.50. The fraction of sp³-hybridized carbons (Fsp3) is 0.471. The van der Waals surface area contributed by atoms with Crippen molar-refractivity contribution >= 4 is 18.6 Å². The average molecular weight is 332 g/mol. The fourth-order valence-corrected chi connectivity index (χ4v) is 4.24. The standard InChI is InChI=1S/C17H20N2O5/c18-16(7-3-4-8-16)13-12-6-2-1-5-11(12)9-17(13,19)14(21)24-15(22)23-10-20/h1-2,5-6,10,13H,3-4,7-9,18-19H2. The molecule has 0 heterocycles. The number of benzene rings is 1. The first-order valence-electron chi connectivity index (χ1n) is 7.93. The van der Waals surface area contributed by atoms with Crippen LogP contribution in [0.5, 0.6) is 0 Å². The zero-order chi connectivity index (χ0) is 17.4. The summed E-state index contributed by atoms with van der Waals surface area (Å²) < 4.78 is 8.66. The molecule has 2 aliphatic carbocycles. The molecule has 4 N–H and O–H groups in total. The van der Waals surface area contributed by atoms with E-state index in [-0.39, 0.29) is 12.9 Å². The van der Waals surface area contributed by atoms with E-state index < -0.39 is 29.1 Å². The third kappa shape index (κ3) is 2.59. The van der Waals surface area contributed by atoms with E-state index in [0.29, 0.717) is 0 Å². The number of esters is 1. The summed E-state index contributed by atoms with van der Waals surface area (Å²) in [6, 6.07) is 7.55. The van der Waals surface area contributed by atoms with Crippen molar-refractivity contribution in [2.24, 2.45) is 11.5 Å². The molecule has 0 bridgehead atoms. The second kappa shape index (κ2) is 5.99. The molecule has 3 rings (SSSR count). The molecule has 0 aromatic heterocycles. The van der Waals surface area contributed by atoms with Crippen LogP contribution in [0.3, 0.4) is 0 Å². The lowest BCUT2D eigenvalue weighted by Gasteiger charge is -2.40. The molecule has 1 aromatic carbocycles. The van der Waals surface area contributed by atoms with Gasteiger partial charge < -0.3 is 20.9 Å². The largest absolute Gasteiger partial charge is 0.523 e. The van der Waals surface area contributed by atoms with Crippen LogP contribution in [0.15, 0.2) is 24.3 Å². The van der Waals surface area contributed by atoms with Crippen LogP contribution in [0.2, 0.25) is 0 Å². The van der Waals surface area contributed by atoms with Crippen LogP contribution in [0.4, 0.5) is 4.79 Å². The van der Waals surface area contributed by atoms with Gasteiger partial charge in [0, 0.05) is 17.9 Å². The second-order valence-electron chi connectivity index (χ2n) is 6.64. The highest BCUT2D eigenvalue weighted by molar-refractivity contribution is 5.92. The summed E-state index contributed by atoms with van der Waals surface area (Å²) in [6.07, 6.45) is 2.27. The van der Waals surface area contributed by atoms with Crippen LogP contribution < -0.4 is 11.5 Å². The van der Waals surface area contributed by atoms with Crippen LogP contribution in [-0.2, 0) is 25.5 Å². The topological polar surface area (TPSA) is 122 Å². The molecule has 1 fully saturated rings. The summed E-state index contributed by atoms with van der Waals surface area (Å²) >= 11 is 0. The van der Waals surface area contributed by atoms with E-state index >= 15 is 0 Å². The number of hydrogen-bond acceptors (Lipinski definition) is 7. The Labute approximate surface area is 139 Å². The molecule has 0 amide bonds. The Morgan fingerprint density at radius 1 is 1.17 bits per heavy atom. The van der Waals surface area contributed by atoms with E-state index in [2.05, 4.69) is 9.47 Å². The number of hydrogen-bond donors (Lipinski definition) is 2. The van der Waals surface area contributed by atoms with Gasteiger partial charge in [0.1, 0.15) is 5.54 Å². The lowest BCUT2D eigenvalue weighted by molar-refractivity contribution is -0.148. The summed E-state index contributed by atoms with van der Waals surface area (Å²) in [5.41, 5.74) is 12.8. The van der Waals surface area contributed by atoms with E-state index in [1.54, 1.807) is 0 Å². The van der Waals surface area contributed by atoms with E-state index in [1.165, 1.54) is 0 Å². The molecule has 7 nitrogen and oxygen atoms in total. The van der Waals surface area contributed by atoms with Crippen molar-refractivity contribution in [1.29, 1.82) is 0 Å². The molecule has 0 spiro atoms. The monoisotopic (exact) mass is 332 g/mol. The zero-order valence-electron chi connectivity index (χ0n) is 13.2. The Morgan fingerprint density at radius 2 is 1.83 bits per heavy atom. The van der Waals surface area contributed by atoms with E-state index in [0.717, 1.165) is 36.8 Å². The van der Waals surface area contributed by atoms with Crippen molar-refractivity contribution in [1.82, 2.24) is 0 Å². The van der Waals surface area contributed by atoms with Crippen LogP contribution in [-0.4, -0.2) is 29.7 Å².